The number of fused-ring (bicyclic) bond motifs is 3. The van der Waals surface area contributed by atoms with E-state index < -0.39 is 0 Å². The molecule has 1 aromatic heterocycles. The number of anilines is 1. The van der Waals surface area contributed by atoms with E-state index in [0.29, 0.717) is 6.04 Å². The van der Waals surface area contributed by atoms with Crippen LogP contribution >= 0.6 is 0 Å². The van der Waals surface area contributed by atoms with Crippen molar-refractivity contribution in [3.63, 3.8) is 0 Å². The molecule has 1 aliphatic carbocycles. The fourth-order valence-corrected chi connectivity index (χ4v) is 2.70. The first-order chi connectivity index (χ1) is 6.45. The Balaban J connectivity index is 1.97. The summed E-state index contributed by atoms with van der Waals surface area (Å²) in [6, 6.07) is 2.75. The predicted molar refractivity (Wildman–Crippen MR) is 51.7 cm³/mol. The normalized spacial score (nSPS) is 31.7. The molecule has 0 amide bonds. The Morgan fingerprint density at radius 3 is 3.31 bits per heavy atom. The van der Waals surface area contributed by atoms with Crippen LogP contribution in [0.25, 0.3) is 0 Å². The lowest BCUT2D eigenvalue weighted by atomic mass is 9.83. The molecule has 70 valence electrons. The van der Waals surface area contributed by atoms with E-state index in [0.717, 1.165) is 12.5 Å². The lowest BCUT2D eigenvalue weighted by Gasteiger charge is -2.36. The lowest BCUT2D eigenvalue weighted by molar-refractivity contribution is 0.222. The van der Waals surface area contributed by atoms with Crippen LogP contribution in [-0.2, 0) is 0 Å². The van der Waals surface area contributed by atoms with Gasteiger partial charge in [0.05, 0.1) is 12.2 Å². The van der Waals surface area contributed by atoms with Gasteiger partial charge >= 0.3 is 0 Å². The van der Waals surface area contributed by atoms with Gasteiger partial charge < -0.3 is 5.32 Å². The van der Waals surface area contributed by atoms with E-state index in [-0.39, 0.29) is 0 Å². The second kappa shape index (κ2) is 2.76. The minimum absolute atomic E-state index is 0.681. The average molecular weight is 177 g/mol. The van der Waals surface area contributed by atoms with Gasteiger partial charge in [-0.05, 0) is 18.8 Å². The average Bonchev–Trinajstić information content (AvgIpc) is 2.65. The number of hydrogen-bond acceptors (Lipinski definition) is 2. The van der Waals surface area contributed by atoms with Gasteiger partial charge in [-0.1, -0.05) is 12.8 Å². The summed E-state index contributed by atoms with van der Waals surface area (Å²) in [6.07, 6.45) is 7.37. The monoisotopic (exact) mass is 177 g/mol. The largest absolute Gasteiger partial charge is 0.370 e. The number of nitrogens with one attached hydrogen (secondary N) is 1. The van der Waals surface area contributed by atoms with Crippen molar-refractivity contribution in [1.82, 2.24) is 9.78 Å². The third-order valence-electron chi connectivity index (χ3n) is 3.40. The standard InChI is InChI=1S/C10H15N3/c1-2-4-9-8(3-1)7-11-10-5-6-12-13(9)10/h5-6,8-9,11H,1-4,7H2. The Labute approximate surface area is 78.1 Å². The Morgan fingerprint density at radius 1 is 1.38 bits per heavy atom. The summed E-state index contributed by atoms with van der Waals surface area (Å²) < 4.78 is 2.19. The van der Waals surface area contributed by atoms with Gasteiger partial charge in [0.2, 0.25) is 0 Å². The zero-order valence-electron chi connectivity index (χ0n) is 7.74. The Morgan fingerprint density at radius 2 is 2.31 bits per heavy atom. The summed E-state index contributed by atoms with van der Waals surface area (Å²) in [4.78, 5) is 0. The molecule has 1 aliphatic heterocycles. The van der Waals surface area contributed by atoms with Crippen LogP contribution in [0.15, 0.2) is 12.3 Å². The van der Waals surface area contributed by atoms with Crippen molar-refractivity contribution in [2.75, 3.05) is 11.9 Å². The molecule has 1 N–H and O–H groups in total. The van der Waals surface area contributed by atoms with Gasteiger partial charge in [0.15, 0.2) is 0 Å². The van der Waals surface area contributed by atoms with E-state index in [1.807, 2.05) is 6.20 Å². The summed E-state index contributed by atoms with van der Waals surface area (Å²) in [6.45, 7) is 1.15. The third-order valence-corrected chi connectivity index (χ3v) is 3.40. The Kier molecular flexibility index (Phi) is 1.57. The van der Waals surface area contributed by atoms with Crippen LogP contribution < -0.4 is 5.32 Å². The molecule has 0 saturated heterocycles. The highest BCUT2D eigenvalue weighted by Crippen LogP contribution is 2.37. The molecule has 0 aromatic carbocycles. The van der Waals surface area contributed by atoms with E-state index in [2.05, 4.69) is 21.2 Å². The first kappa shape index (κ1) is 7.42. The maximum Gasteiger partial charge on any atom is 0.124 e. The number of aromatic nitrogens is 2. The van der Waals surface area contributed by atoms with Gasteiger partial charge in [-0.2, -0.15) is 5.10 Å². The van der Waals surface area contributed by atoms with Gasteiger partial charge in [-0.15, -0.1) is 0 Å². The molecular weight excluding hydrogens is 162 g/mol. The summed E-state index contributed by atoms with van der Waals surface area (Å²) in [5, 5.41) is 7.84. The van der Waals surface area contributed by atoms with Crippen molar-refractivity contribution in [3.8, 4) is 0 Å². The first-order valence-electron chi connectivity index (χ1n) is 5.22. The molecule has 0 spiro atoms. The smallest absolute Gasteiger partial charge is 0.124 e. The van der Waals surface area contributed by atoms with E-state index >= 15 is 0 Å². The molecule has 3 nitrogen and oxygen atoms in total. The fraction of sp³-hybridized carbons (Fsp3) is 0.700. The Bertz CT molecular complexity index is 305. The van der Waals surface area contributed by atoms with E-state index in [1.165, 1.54) is 31.5 Å². The molecule has 1 fully saturated rings. The third kappa shape index (κ3) is 1.06. The van der Waals surface area contributed by atoms with Crippen molar-refractivity contribution in [3.05, 3.63) is 12.3 Å². The molecule has 2 aliphatic rings. The summed E-state index contributed by atoms with van der Waals surface area (Å²) in [5.41, 5.74) is 0. The topological polar surface area (TPSA) is 29.9 Å². The number of rotatable bonds is 0. The SMILES string of the molecule is c1cc2n(n1)C1CCCCC1CN2. The molecule has 3 heteroatoms. The lowest BCUT2D eigenvalue weighted by Crippen LogP contribution is -2.34. The van der Waals surface area contributed by atoms with Gasteiger partial charge in [-0.3, -0.25) is 0 Å². The molecule has 2 atom stereocenters. The number of nitrogens with zero attached hydrogens (tertiary/aromatic N) is 2. The van der Waals surface area contributed by atoms with Crippen molar-refractivity contribution in [2.45, 2.75) is 31.7 Å². The molecular formula is C10H15N3. The molecule has 13 heavy (non-hydrogen) atoms. The van der Waals surface area contributed by atoms with Crippen LogP contribution in [0.4, 0.5) is 5.82 Å². The van der Waals surface area contributed by atoms with Crippen molar-refractivity contribution in [2.24, 2.45) is 5.92 Å². The molecule has 1 saturated carbocycles. The van der Waals surface area contributed by atoms with Crippen LogP contribution in [0.5, 0.6) is 0 Å². The first-order valence-corrected chi connectivity index (χ1v) is 5.22. The molecule has 0 radical (unpaired) electrons. The van der Waals surface area contributed by atoms with Gasteiger partial charge in [0, 0.05) is 12.6 Å². The van der Waals surface area contributed by atoms with Crippen molar-refractivity contribution in [1.29, 1.82) is 0 Å². The summed E-state index contributed by atoms with van der Waals surface area (Å²) in [7, 11) is 0. The highest BCUT2D eigenvalue weighted by Gasteiger charge is 2.31. The van der Waals surface area contributed by atoms with E-state index in [9.17, 15) is 0 Å². The predicted octanol–water partition coefficient (Wildman–Crippen LogP) is 2.04. The molecule has 2 heterocycles. The van der Waals surface area contributed by atoms with E-state index in [4.69, 9.17) is 0 Å². The fourth-order valence-electron chi connectivity index (χ4n) is 2.70. The van der Waals surface area contributed by atoms with Crippen LogP contribution in [0.3, 0.4) is 0 Å². The second-order valence-corrected chi connectivity index (χ2v) is 4.15. The quantitative estimate of drug-likeness (QED) is 0.657. The minimum atomic E-state index is 0.681. The summed E-state index contributed by atoms with van der Waals surface area (Å²) >= 11 is 0. The second-order valence-electron chi connectivity index (χ2n) is 4.15. The maximum absolute atomic E-state index is 4.40. The van der Waals surface area contributed by atoms with E-state index in [1.54, 1.807) is 0 Å². The zero-order chi connectivity index (χ0) is 8.67. The zero-order valence-corrected chi connectivity index (χ0v) is 7.74. The van der Waals surface area contributed by atoms with Crippen molar-refractivity contribution >= 4 is 5.82 Å². The van der Waals surface area contributed by atoms with Gasteiger partial charge in [0.25, 0.3) is 0 Å². The minimum Gasteiger partial charge on any atom is -0.370 e. The van der Waals surface area contributed by atoms with Gasteiger partial charge in [-0.25, -0.2) is 4.68 Å². The molecule has 0 bridgehead atoms. The van der Waals surface area contributed by atoms with Crippen LogP contribution in [0.1, 0.15) is 31.7 Å². The maximum atomic E-state index is 4.40. The summed E-state index contributed by atoms with van der Waals surface area (Å²) in [5.74, 6) is 2.03. The van der Waals surface area contributed by atoms with Crippen molar-refractivity contribution < 1.29 is 0 Å². The number of hydrogen-bond donors (Lipinski definition) is 1. The highest BCUT2D eigenvalue weighted by molar-refractivity contribution is 5.36. The van der Waals surface area contributed by atoms with Crippen LogP contribution in [-0.4, -0.2) is 16.3 Å². The molecule has 3 rings (SSSR count). The molecule has 1 aromatic rings. The van der Waals surface area contributed by atoms with Crippen LogP contribution in [0, 0.1) is 5.92 Å². The Hall–Kier alpha value is -0.990. The molecule has 2 unspecified atom stereocenters. The highest BCUT2D eigenvalue weighted by atomic mass is 15.4. The van der Waals surface area contributed by atoms with Crippen LogP contribution in [0.2, 0.25) is 0 Å². The van der Waals surface area contributed by atoms with Gasteiger partial charge in [0.1, 0.15) is 5.82 Å².